The van der Waals surface area contributed by atoms with Gasteiger partial charge in [0.05, 0.1) is 19.1 Å². The van der Waals surface area contributed by atoms with Crippen LogP contribution >= 0.6 is 0 Å². The number of methoxy groups -OCH3 is 1. The molecule has 18 heavy (non-hydrogen) atoms. The number of esters is 1. The quantitative estimate of drug-likeness (QED) is 0.765. The van der Waals surface area contributed by atoms with Crippen molar-refractivity contribution in [1.82, 2.24) is 5.32 Å². The molecule has 1 aromatic heterocycles. The predicted octanol–water partition coefficient (Wildman–Crippen LogP) is 0.589. The van der Waals surface area contributed by atoms with E-state index in [1.54, 1.807) is 13.0 Å². The minimum atomic E-state index is -3.02. The first-order chi connectivity index (χ1) is 8.33. The topological polar surface area (TPSA) is 85.6 Å². The molecule has 0 saturated carbocycles. The number of nitrogens with one attached hydrogen (secondary N) is 1. The van der Waals surface area contributed by atoms with Crippen LogP contribution in [0.5, 0.6) is 0 Å². The fourth-order valence-corrected chi connectivity index (χ4v) is 2.57. The van der Waals surface area contributed by atoms with Crippen molar-refractivity contribution in [2.24, 2.45) is 0 Å². The average Bonchev–Trinajstić information content (AvgIpc) is 2.71. The fourth-order valence-electron chi connectivity index (χ4n) is 1.54. The minimum absolute atomic E-state index is 0.0401. The summed E-state index contributed by atoms with van der Waals surface area (Å²) in [5, 5.41) is 3.01. The molecular formula is C11H17NO5S. The summed E-state index contributed by atoms with van der Waals surface area (Å²) in [6.45, 7) is 2.11. The highest BCUT2D eigenvalue weighted by atomic mass is 32.2. The van der Waals surface area contributed by atoms with Gasteiger partial charge >= 0.3 is 5.97 Å². The fraction of sp³-hybridized carbons (Fsp3) is 0.545. The maximum absolute atomic E-state index is 11.3. The van der Waals surface area contributed by atoms with Crippen LogP contribution in [0.15, 0.2) is 16.7 Å². The molecule has 1 aromatic rings. The number of carbonyl (C=O) groups excluding carboxylic acids is 1. The second-order valence-corrected chi connectivity index (χ2v) is 6.33. The highest BCUT2D eigenvalue weighted by Crippen LogP contribution is 2.11. The molecule has 1 atom stereocenters. The van der Waals surface area contributed by atoms with Gasteiger partial charge in [0.1, 0.15) is 9.84 Å². The second-order valence-electron chi connectivity index (χ2n) is 4.14. The number of furan rings is 1. The van der Waals surface area contributed by atoms with Crippen LogP contribution in [0.1, 0.15) is 23.0 Å². The van der Waals surface area contributed by atoms with Crippen molar-refractivity contribution in [1.29, 1.82) is 0 Å². The summed E-state index contributed by atoms with van der Waals surface area (Å²) < 4.78 is 31.8. The lowest BCUT2D eigenvalue weighted by Crippen LogP contribution is -2.32. The molecule has 0 aliphatic rings. The number of ether oxygens (including phenoxy) is 1. The zero-order valence-corrected chi connectivity index (χ0v) is 11.4. The zero-order valence-electron chi connectivity index (χ0n) is 10.6. The molecule has 6 nitrogen and oxygen atoms in total. The van der Waals surface area contributed by atoms with Crippen LogP contribution in [0.3, 0.4) is 0 Å². The van der Waals surface area contributed by atoms with Gasteiger partial charge in [0.15, 0.2) is 0 Å². The Morgan fingerprint density at radius 1 is 1.56 bits per heavy atom. The second kappa shape index (κ2) is 6.01. The van der Waals surface area contributed by atoms with Crippen LogP contribution in [-0.2, 0) is 21.1 Å². The van der Waals surface area contributed by atoms with Crippen molar-refractivity contribution in [2.45, 2.75) is 19.5 Å². The van der Waals surface area contributed by atoms with Gasteiger partial charge in [-0.2, -0.15) is 0 Å². The van der Waals surface area contributed by atoms with Crippen molar-refractivity contribution in [3.63, 3.8) is 0 Å². The third-order valence-electron chi connectivity index (χ3n) is 2.31. The van der Waals surface area contributed by atoms with Gasteiger partial charge in [-0.25, -0.2) is 13.2 Å². The van der Waals surface area contributed by atoms with Crippen LogP contribution in [0.4, 0.5) is 0 Å². The van der Waals surface area contributed by atoms with Gasteiger partial charge in [-0.1, -0.05) is 0 Å². The highest BCUT2D eigenvalue weighted by Gasteiger charge is 2.17. The van der Waals surface area contributed by atoms with Crippen molar-refractivity contribution in [2.75, 3.05) is 19.1 Å². The normalized spacial score (nSPS) is 13.3. The van der Waals surface area contributed by atoms with Gasteiger partial charge in [-0.3, -0.25) is 0 Å². The molecular weight excluding hydrogens is 258 g/mol. The van der Waals surface area contributed by atoms with Crippen LogP contribution in [0.2, 0.25) is 0 Å². The molecule has 0 radical (unpaired) electrons. The molecule has 0 aliphatic carbocycles. The van der Waals surface area contributed by atoms with E-state index < -0.39 is 15.8 Å². The first-order valence-electron chi connectivity index (χ1n) is 5.39. The molecule has 7 heteroatoms. The smallest absolute Gasteiger partial charge is 0.374 e. The summed E-state index contributed by atoms with van der Waals surface area (Å²) in [6, 6.07) is 1.44. The first-order valence-corrected chi connectivity index (χ1v) is 7.45. The Hall–Kier alpha value is -1.34. The summed E-state index contributed by atoms with van der Waals surface area (Å²) in [6.07, 6.45) is 2.58. The predicted molar refractivity (Wildman–Crippen MR) is 66.1 cm³/mol. The molecule has 0 fully saturated rings. The molecule has 1 rings (SSSR count). The average molecular weight is 275 g/mol. The number of sulfone groups is 1. The largest absolute Gasteiger partial charge is 0.463 e. The van der Waals surface area contributed by atoms with Gasteiger partial charge < -0.3 is 14.5 Å². The summed E-state index contributed by atoms with van der Waals surface area (Å²) in [4.78, 5) is 11.3. The lowest BCUT2D eigenvalue weighted by atomic mass is 10.2. The Morgan fingerprint density at radius 2 is 2.22 bits per heavy atom. The zero-order chi connectivity index (χ0) is 13.8. The summed E-state index contributed by atoms with van der Waals surface area (Å²) in [5.41, 5.74) is 0.641. The van der Waals surface area contributed by atoms with Gasteiger partial charge in [0, 0.05) is 24.4 Å². The molecule has 0 aromatic carbocycles. The Bertz CT molecular complexity index is 505. The highest BCUT2D eigenvalue weighted by molar-refractivity contribution is 7.90. The van der Waals surface area contributed by atoms with E-state index >= 15 is 0 Å². The van der Waals surface area contributed by atoms with E-state index in [-0.39, 0.29) is 17.6 Å². The molecule has 0 bridgehead atoms. The van der Waals surface area contributed by atoms with Crippen molar-refractivity contribution in [3.8, 4) is 0 Å². The number of hydrogen-bond acceptors (Lipinski definition) is 6. The van der Waals surface area contributed by atoms with E-state index in [0.29, 0.717) is 12.1 Å². The van der Waals surface area contributed by atoms with Crippen molar-refractivity contribution in [3.05, 3.63) is 23.7 Å². The maximum Gasteiger partial charge on any atom is 0.374 e. The lowest BCUT2D eigenvalue weighted by molar-refractivity contribution is 0.0563. The van der Waals surface area contributed by atoms with E-state index in [2.05, 4.69) is 10.1 Å². The standard InChI is InChI=1S/C11H17NO5S/c1-8(7-18(3,14)15)12-6-9-4-5-17-10(9)11(13)16-2/h4-5,8,12H,6-7H2,1-3H3. The third-order valence-corrected chi connectivity index (χ3v) is 3.42. The monoisotopic (exact) mass is 275 g/mol. The van der Waals surface area contributed by atoms with Gasteiger partial charge in [-0.05, 0) is 13.0 Å². The van der Waals surface area contributed by atoms with Crippen molar-refractivity contribution < 1.29 is 22.4 Å². The van der Waals surface area contributed by atoms with Crippen LogP contribution in [0.25, 0.3) is 0 Å². The van der Waals surface area contributed by atoms with E-state index in [1.807, 2.05) is 0 Å². The van der Waals surface area contributed by atoms with E-state index in [9.17, 15) is 13.2 Å². The van der Waals surface area contributed by atoms with Crippen molar-refractivity contribution >= 4 is 15.8 Å². The maximum atomic E-state index is 11.3. The summed E-state index contributed by atoms with van der Waals surface area (Å²) in [7, 11) is -1.75. The Labute approximate surface area is 106 Å². The van der Waals surface area contributed by atoms with Gasteiger partial charge in [-0.15, -0.1) is 0 Å². The minimum Gasteiger partial charge on any atom is -0.463 e. The van der Waals surface area contributed by atoms with Gasteiger partial charge in [0.25, 0.3) is 0 Å². The van der Waals surface area contributed by atoms with Crippen LogP contribution < -0.4 is 5.32 Å². The molecule has 0 spiro atoms. The Morgan fingerprint density at radius 3 is 2.78 bits per heavy atom. The molecule has 0 aliphatic heterocycles. The summed E-state index contributed by atoms with van der Waals surface area (Å²) in [5.74, 6) is -0.373. The molecule has 1 N–H and O–H groups in total. The molecule has 102 valence electrons. The lowest BCUT2D eigenvalue weighted by Gasteiger charge is -2.12. The molecule has 0 saturated heterocycles. The SMILES string of the molecule is COC(=O)c1occc1CNC(C)CS(C)(=O)=O. The Balaban J connectivity index is 2.59. The van der Waals surface area contributed by atoms with Crippen LogP contribution in [-0.4, -0.2) is 39.5 Å². The molecule has 0 amide bonds. The summed E-state index contributed by atoms with van der Waals surface area (Å²) >= 11 is 0. The van der Waals surface area contributed by atoms with Gasteiger partial charge in [0.2, 0.25) is 5.76 Å². The number of hydrogen-bond donors (Lipinski definition) is 1. The molecule has 1 heterocycles. The first kappa shape index (κ1) is 14.7. The number of carbonyl (C=O) groups is 1. The Kier molecular flexibility index (Phi) is 4.92. The molecule has 1 unspecified atom stereocenters. The van der Waals surface area contributed by atoms with E-state index in [1.165, 1.54) is 19.6 Å². The third kappa shape index (κ3) is 4.50. The van der Waals surface area contributed by atoms with Crippen LogP contribution in [0, 0.1) is 0 Å². The van der Waals surface area contributed by atoms with E-state index in [0.717, 1.165) is 0 Å². The van der Waals surface area contributed by atoms with E-state index in [4.69, 9.17) is 4.42 Å². The number of rotatable bonds is 6.